The van der Waals surface area contributed by atoms with E-state index in [1.807, 2.05) is 24.3 Å². The lowest BCUT2D eigenvalue weighted by molar-refractivity contribution is -0.128. The number of carbonyl (C=O) groups excluding carboxylic acids is 2. The van der Waals surface area contributed by atoms with Crippen LogP contribution in [0.2, 0.25) is 0 Å². The number of piperidine rings is 1. The van der Waals surface area contributed by atoms with Gasteiger partial charge in [0.25, 0.3) is 0 Å². The summed E-state index contributed by atoms with van der Waals surface area (Å²) in [7, 11) is 0. The minimum Gasteiger partial charge on any atom is -0.347 e. The number of aryl methyl sites for hydroxylation is 1. The molecule has 0 unspecified atom stereocenters. The Hall–Kier alpha value is -1.59. The molecule has 0 radical (unpaired) electrons. The van der Waals surface area contributed by atoms with Crippen LogP contribution in [0.3, 0.4) is 0 Å². The molecule has 6 heteroatoms. The number of anilines is 1. The number of nitrogens with one attached hydrogen (secondary N) is 3. The Labute approximate surface area is 144 Å². The molecule has 0 spiro atoms. The third-order valence-electron chi connectivity index (χ3n) is 4.04. The van der Waals surface area contributed by atoms with Crippen LogP contribution in [0.15, 0.2) is 24.3 Å². The van der Waals surface area contributed by atoms with Crippen LogP contribution in [-0.4, -0.2) is 30.9 Å². The van der Waals surface area contributed by atoms with Crippen LogP contribution in [0.4, 0.5) is 5.69 Å². The van der Waals surface area contributed by atoms with Crippen molar-refractivity contribution in [2.24, 2.45) is 5.92 Å². The monoisotopic (exact) mass is 339 g/mol. The molecule has 0 aliphatic carbocycles. The molecule has 5 nitrogen and oxygen atoms in total. The van der Waals surface area contributed by atoms with Crippen LogP contribution in [-0.2, 0) is 16.0 Å². The van der Waals surface area contributed by atoms with E-state index in [0.29, 0.717) is 6.04 Å². The standard InChI is InChI=1S/C17H25N3O2.ClH/c1-3-13-5-4-6-15(10-13)20-16(21)11-19-17(22)14-7-8-18-12(2)9-14;/h4-6,10,12,14,18H,3,7-9,11H2,1-2H3,(H,19,22)(H,20,21);1H/t12-,14-;/m0./s1. The van der Waals surface area contributed by atoms with Crippen molar-refractivity contribution in [1.29, 1.82) is 0 Å². The molecule has 23 heavy (non-hydrogen) atoms. The Bertz CT molecular complexity index is 536. The molecule has 0 saturated carbocycles. The van der Waals surface area contributed by atoms with Gasteiger partial charge in [-0.25, -0.2) is 0 Å². The molecule has 128 valence electrons. The van der Waals surface area contributed by atoms with Crippen LogP contribution < -0.4 is 16.0 Å². The van der Waals surface area contributed by atoms with Gasteiger partial charge < -0.3 is 16.0 Å². The highest BCUT2D eigenvalue weighted by atomic mass is 35.5. The molecular weight excluding hydrogens is 314 g/mol. The van der Waals surface area contributed by atoms with Gasteiger partial charge >= 0.3 is 0 Å². The SMILES string of the molecule is CCc1cccc(NC(=O)CNC(=O)[C@H]2CCN[C@@H](C)C2)c1.Cl. The minimum atomic E-state index is -0.191. The van der Waals surface area contributed by atoms with E-state index < -0.39 is 0 Å². The Kier molecular flexibility index (Phi) is 8.06. The Morgan fingerprint density at radius 1 is 1.35 bits per heavy atom. The summed E-state index contributed by atoms with van der Waals surface area (Å²) < 4.78 is 0. The van der Waals surface area contributed by atoms with E-state index in [1.54, 1.807) is 0 Å². The van der Waals surface area contributed by atoms with Crippen LogP contribution >= 0.6 is 12.4 Å². The molecule has 2 amide bonds. The van der Waals surface area contributed by atoms with Crippen LogP contribution in [0.25, 0.3) is 0 Å². The fourth-order valence-corrected chi connectivity index (χ4v) is 2.76. The summed E-state index contributed by atoms with van der Waals surface area (Å²) in [6, 6.07) is 8.11. The smallest absolute Gasteiger partial charge is 0.243 e. The van der Waals surface area contributed by atoms with E-state index in [2.05, 4.69) is 29.8 Å². The van der Waals surface area contributed by atoms with E-state index in [9.17, 15) is 9.59 Å². The molecule has 1 aliphatic heterocycles. The molecule has 1 aromatic carbocycles. The molecular formula is C17H26ClN3O2. The zero-order chi connectivity index (χ0) is 15.9. The maximum Gasteiger partial charge on any atom is 0.243 e. The molecule has 1 saturated heterocycles. The molecule has 0 aromatic heterocycles. The third-order valence-corrected chi connectivity index (χ3v) is 4.04. The van der Waals surface area contributed by atoms with E-state index in [-0.39, 0.29) is 36.7 Å². The fraction of sp³-hybridized carbons (Fsp3) is 0.529. The van der Waals surface area contributed by atoms with E-state index in [1.165, 1.54) is 5.56 Å². The zero-order valence-electron chi connectivity index (χ0n) is 13.7. The van der Waals surface area contributed by atoms with Crippen molar-refractivity contribution in [3.8, 4) is 0 Å². The van der Waals surface area contributed by atoms with E-state index >= 15 is 0 Å². The number of hydrogen-bond donors (Lipinski definition) is 3. The van der Waals surface area contributed by atoms with Gasteiger partial charge in [-0.05, 0) is 50.4 Å². The number of rotatable bonds is 5. The molecule has 1 heterocycles. The normalized spacial score (nSPS) is 20.3. The van der Waals surface area contributed by atoms with E-state index in [4.69, 9.17) is 0 Å². The highest BCUT2D eigenvalue weighted by molar-refractivity contribution is 5.94. The molecule has 1 aliphatic rings. The van der Waals surface area contributed by atoms with Gasteiger partial charge in [-0.2, -0.15) is 0 Å². The van der Waals surface area contributed by atoms with Gasteiger partial charge in [-0.3, -0.25) is 9.59 Å². The topological polar surface area (TPSA) is 70.2 Å². The van der Waals surface area contributed by atoms with Gasteiger partial charge in [-0.1, -0.05) is 19.1 Å². The zero-order valence-corrected chi connectivity index (χ0v) is 14.5. The molecule has 2 rings (SSSR count). The molecule has 2 atom stereocenters. The summed E-state index contributed by atoms with van der Waals surface area (Å²) >= 11 is 0. The Balaban J connectivity index is 0.00000264. The summed E-state index contributed by atoms with van der Waals surface area (Å²) in [4.78, 5) is 24.0. The molecule has 0 bridgehead atoms. The summed E-state index contributed by atoms with van der Waals surface area (Å²) in [6.45, 7) is 5.02. The molecule has 1 aromatic rings. The lowest BCUT2D eigenvalue weighted by Crippen LogP contribution is -2.44. The second kappa shape index (κ2) is 9.53. The highest BCUT2D eigenvalue weighted by Crippen LogP contribution is 2.16. The fourth-order valence-electron chi connectivity index (χ4n) is 2.76. The van der Waals surface area contributed by atoms with Crippen molar-refractivity contribution >= 4 is 29.9 Å². The third kappa shape index (κ3) is 6.20. The Morgan fingerprint density at radius 3 is 2.83 bits per heavy atom. The van der Waals surface area contributed by atoms with Gasteiger partial charge in [0.2, 0.25) is 11.8 Å². The number of hydrogen-bond acceptors (Lipinski definition) is 3. The summed E-state index contributed by atoms with van der Waals surface area (Å²) in [5, 5.41) is 8.88. The van der Waals surface area contributed by atoms with Crippen molar-refractivity contribution in [3.63, 3.8) is 0 Å². The van der Waals surface area contributed by atoms with Gasteiger partial charge in [0.1, 0.15) is 0 Å². The quantitative estimate of drug-likeness (QED) is 0.769. The van der Waals surface area contributed by atoms with Crippen molar-refractivity contribution in [3.05, 3.63) is 29.8 Å². The van der Waals surface area contributed by atoms with Gasteiger partial charge in [0.05, 0.1) is 6.54 Å². The van der Waals surface area contributed by atoms with Crippen molar-refractivity contribution < 1.29 is 9.59 Å². The first-order valence-corrected chi connectivity index (χ1v) is 7.98. The first-order valence-electron chi connectivity index (χ1n) is 7.98. The second-order valence-corrected chi connectivity index (χ2v) is 5.90. The first kappa shape index (κ1) is 19.5. The van der Waals surface area contributed by atoms with Crippen LogP contribution in [0.1, 0.15) is 32.3 Å². The number of amides is 2. The van der Waals surface area contributed by atoms with Crippen LogP contribution in [0, 0.1) is 5.92 Å². The predicted octanol–water partition coefficient (Wildman–Crippen LogP) is 2.11. The first-order chi connectivity index (χ1) is 10.6. The van der Waals surface area contributed by atoms with Gasteiger partial charge in [0.15, 0.2) is 0 Å². The minimum absolute atomic E-state index is 0. The Morgan fingerprint density at radius 2 is 2.13 bits per heavy atom. The summed E-state index contributed by atoms with van der Waals surface area (Å²) in [5.74, 6) is -0.207. The van der Waals surface area contributed by atoms with Crippen LogP contribution in [0.5, 0.6) is 0 Å². The average molecular weight is 340 g/mol. The number of benzene rings is 1. The summed E-state index contributed by atoms with van der Waals surface area (Å²) in [5.41, 5.74) is 1.94. The lowest BCUT2D eigenvalue weighted by atomic mass is 9.92. The summed E-state index contributed by atoms with van der Waals surface area (Å²) in [6.07, 6.45) is 2.58. The largest absolute Gasteiger partial charge is 0.347 e. The molecule has 3 N–H and O–H groups in total. The average Bonchev–Trinajstić information content (AvgIpc) is 2.52. The maximum atomic E-state index is 12.1. The second-order valence-electron chi connectivity index (χ2n) is 5.90. The number of carbonyl (C=O) groups is 2. The van der Waals surface area contributed by atoms with Gasteiger partial charge in [-0.15, -0.1) is 12.4 Å². The van der Waals surface area contributed by atoms with Crippen molar-refractivity contribution in [2.45, 2.75) is 39.2 Å². The highest BCUT2D eigenvalue weighted by Gasteiger charge is 2.24. The van der Waals surface area contributed by atoms with Crippen molar-refractivity contribution in [1.82, 2.24) is 10.6 Å². The maximum absolute atomic E-state index is 12.1. The van der Waals surface area contributed by atoms with Gasteiger partial charge in [0, 0.05) is 17.6 Å². The van der Waals surface area contributed by atoms with Crippen molar-refractivity contribution in [2.75, 3.05) is 18.4 Å². The molecule has 1 fully saturated rings. The predicted molar refractivity (Wildman–Crippen MR) is 94.9 cm³/mol. The number of halogens is 1. The lowest BCUT2D eigenvalue weighted by Gasteiger charge is -2.26. The van der Waals surface area contributed by atoms with E-state index in [0.717, 1.165) is 31.5 Å².